The first-order chi connectivity index (χ1) is 9.45. The number of nitrogens with one attached hydrogen (secondary N) is 1. The number of benzene rings is 1. The van der Waals surface area contributed by atoms with Crippen molar-refractivity contribution >= 4 is 17.3 Å². The molecule has 7 heteroatoms. The van der Waals surface area contributed by atoms with Crippen molar-refractivity contribution in [3.8, 4) is 0 Å². The van der Waals surface area contributed by atoms with Gasteiger partial charge in [0.1, 0.15) is 5.69 Å². The summed E-state index contributed by atoms with van der Waals surface area (Å²) in [5, 5.41) is 11.0. The van der Waals surface area contributed by atoms with E-state index in [2.05, 4.69) is 19.3 Å². The Morgan fingerprint density at radius 2 is 2.00 bits per heavy atom. The molecule has 0 bridgehead atoms. The number of nitro benzene ring substituents is 1. The van der Waals surface area contributed by atoms with Crippen LogP contribution in [-0.2, 0) is 0 Å². The van der Waals surface area contributed by atoms with E-state index in [9.17, 15) is 14.9 Å². The highest BCUT2D eigenvalue weighted by Gasteiger charge is 2.32. The monoisotopic (exact) mass is 278 g/mol. The van der Waals surface area contributed by atoms with Crippen LogP contribution in [0.5, 0.6) is 0 Å². The fraction of sp³-hybridized carbons (Fsp3) is 0.462. The van der Waals surface area contributed by atoms with E-state index in [-0.39, 0.29) is 22.8 Å². The number of nitrogens with zero attached hydrogens (tertiary/aromatic N) is 2. The molecule has 20 heavy (non-hydrogen) atoms. The van der Waals surface area contributed by atoms with Crippen molar-refractivity contribution in [1.82, 2.24) is 4.90 Å². The van der Waals surface area contributed by atoms with Gasteiger partial charge >= 0.3 is 0 Å². The van der Waals surface area contributed by atoms with Gasteiger partial charge in [-0.2, -0.15) is 0 Å². The van der Waals surface area contributed by atoms with Gasteiger partial charge in [-0.15, -0.1) is 0 Å². The summed E-state index contributed by atoms with van der Waals surface area (Å²) < 4.78 is 0. The Labute approximate surface area is 116 Å². The zero-order valence-corrected chi connectivity index (χ0v) is 11.5. The summed E-state index contributed by atoms with van der Waals surface area (Å²) in [5.41, 5.74) is 2.39. The van der Waals surface area contributed by atoms with Gasteiger partial charge in [0.25, 0.3) is 11.6 Å². The normalized spacial score (nSPS) is 21.9. The van der Waals surface area contributed by atoms with Crippen LogP contribution >= 0.6 is 0 Å². The molecule has 1 fully saturated rings. The highest BCUT2D eigenvalue weighted by Crippen LogP contribution is 2.30. The molecular formula is C13H18N4O3. The molecule has 2 atom stereocenters. The van der Waals surface area contributed by atoms with Crippen LogP contribution in [0.3, 0.4) is 0 Å². The van der Waals surface area contributed by atoms with E-state index in [0.717, 1.165) is 0 Å². The van der Waals surface area contributed by atoms with E-state index in [4.69, 9.17) is 5.84 Å². The molecule has 0 spiro atoms. The smallest absolute Gasteiger partial charge is 0.294 e. The number of anilines is 1. The van der Waals surface area contributed by atoms with Crippen LogP contribution in [-0.4, -0.2) is 28.8 Å². The van der Waals surface area contributed by atoms with Crippen LogP contribution in [0.25, 0.3) is 0 Å². The number of carbonyl (C=O) groups is 1. The second-order valence-corrected chi connectivity index (χ2v) is 5.27. The van der Waals surface area contributed by atoms with E-state index < -0.39 is 4.92 Å². The van der Waals surface area contributed by atoms with Gasteiger partial charge in [-0.25, -0.2) is 0 Å². The minimum Gasteiger partial charge on any atom is -0.338 e. The van der Waals surface area contributed by atoms with Gasteiger partial charge in [-0.05, 0) is 17.9 Å². The van der Waals surface area contributed by atoms with E-state index >= 15 is 0 Å². The van der Waals surface area contributed by atoms with Crippen LogP contribution in [0.2, 0.25) is 0 Å². The lowest BCUT2D eigenvalue weighted by Crippen LogP contribution is -2.30. The minimum atomic E-state index is -0.554. The molecule has 0 aliphatic carbocycles. The van der Waals surface area contributed by atoms with Gasteiger partial charge in [0.2, 0.25) is 0 Å². The lowest BCUT2D eigenvalue weighted by atomic mass is 10.0. The maximum Gasteiger partial charge on any atom is 0.294 e. The van der Waals surface area contributed by atoms with Crippen molar-refractivity contribution in [2.75, 3.05) is 18.5 Å². The summed E-state index contributed by atoms with van der Waals surface area (Å²) >= 11 is 0. The number of nitro groups is 1. The molecule has 1 aliphatic heterocycles. The molecular weight excluding hydrogens is 260 g/mol. The summed E-state index contributed by atoms with van der Waals surface area (Å²) in [6.45, 7) is 5.50. The maximum atomic E-state index is 12.5. The van der Waals surface area contributed by atoms with Crippen LogP contribution in [0.1, 0.15) is 24.2 Å². The molecule has 2 unspecified atom stereocenters. The van der Waals surface area contributed by atoms with Crippen LogP contribution < -0.4 is 11.3 Å². The second-order valence-electron chi connectivity index (χ2n) is 5.27. The lowest BCUT2D eigenvalue weighted by molar-refractivity contribution is -0.384. The molecule has 0 radical (unpaired) electrons. The zero-order valence-electron chi connectivity index (χ0n) is 11.5. The number of hydrogen-bond acceptors (Lipinski definition) is 5. The maximum absolute atomic E-state index is 12.5. The quantitative estimate of drug-likeness (QED) is 0.497. The fourth-order valence-corrected chi connectivity index (χ4v) is 2.49. The molecule has 7 nitrogen and oxygen atoms in total. The topological polar surface area (TPSA) is 102 Å². The average Bonchev–Trinajstić information content (AvgIpc) is 2.76. The van der Waals surface area contributed by atoms with E-state index in [1.165, 1.54) is 12.1 Å². The van der Waals surface area contributed by atoms with Crippen LogP contribution in [0.4, 0.5) is 11.4 Å². The molecule has 1 aromatic rings. The molecule has 108 valence electrons. The van der Waals surface area contributed by atoms with Crippen LogP contribution in [0.15, 0.2) is 18.2 Å². The predicted octanol–water partition coefficient (Wildman–Crippen LogP) is 1.61. The Morgan fingerprint density at radius 3 is 2.50 bits per heavy atom. The molecule has 1 saturated heterocycles. The van der Waals surface area contributed by atoms with Crippen LogP contribution in [0, 0.1) is 22.0 Å². The van der Waals surface area contributed by atoms with Crippen molar-refractivity contribution in [3.05, 3.63) is 33.9 Å². The SMILES string of the molecule is CC1CN(C(=O)c2cccc([N+](=O)[O-])c2NN)CC1C. The fourth-order valence-electron chi connectivity index (χ4n) is 2.49. The Balaban J connectivity index is 2.35. The highest BCUT2D eigenvalue weighted by molar-refractivity contribution is 6.01. The van der Waals surface area contributed by atoms with Crippen molar-refractivity contribution < 1.29 is 9.72 Å². The summed E-state index contributed by atoms with van der Waals surface area (Å²) in [6.07, 6.45) is 0. The summed E-state index contributed by atoms with van der Waals surface area (Å²) in [4.78, 5) is 24.6. The third kappa shape index (κ3) is 2.44. The van der Waals surface area contributed by atoms with E-state index in [0.29, 0.717) is 24.9 Å². The summed E-state index contributed by atoms with van der Waals surface area (Å²) in [7, 11) is 0. The first-order valence-corrected chi connectivity index (χ1v) is 6.49. The summed E-state index contributed by atoms with van der Waals surface area (Å²) in [6, 6.07) is 4.37. The lowest BCUT2D eigenvalue weighted by Gasteiger charge is -2.18. The van der Waals surface area contributed by atoms with Gasteiger partial charge in [0.05, 0.1) is 10.5 Å². The predicted molar refractivity (Wildman–Crippen MR) is 75.1 cm³/mol. The zero-order chi connectivity index (χ0) is 14.9. The summed E-state index contributed by atoms with van der Waals surface area (Å²) in [5.74, 6) is 5.98. The molecule has 1 aromatic carbocycles. The number of nitrogen functional groups attached to an aromatic ring is 1. The van der Waals surface area contributed by atoms with Gasteiger partial charge in [0.15, 0.2) is 0 Å². The van der Waals surface area contributed by atoms with Gasteiger partial charge < -0.3 is 10.3 Å². The number of amides is 1. The number of hydrogen-bond donors (Lipinski definition) is 2. The first kappa shape index (κ1) is 14.3. The number of para-hydroxylation sites is 1. The standard InChI is InChI=1S/C13H18N4O3/c1-8-6-16(7-9(8)2)13(18)10-4-3-5-11(17(19)20)12(10)15-14/h3-5,8-9,15H,6-7,14H2,1-2H3. The van der Waals surface area contributed by atoms with Gasteiger partial charge in [0, 0.05) is 19.2 Å². The molecule has 2 rings (SSSR count). The molecule has 0 saturated carbocycles. The Bertz CT molecular complexity index is 536. The largest absolute Gasteiger partial charge is 0.338 e. The molecule has 0 aromatic heterocycles. The highest BCUT2D eigenvalue weighted by atomic mass is 16.6. The number of nitrogens with two attached hydrogens (primary N) is 1. The van der Waals surface area contributed by atoms with E-state index in [1.54, 1.807) is 11.0 Å². The van der Waals surface area contributed by atoms with E-state index in [1.807, 2.05) is 0 Å². The number of hydrazine groups is 1. The van der Waals surface area contributed by atoms with Gasteiger partial charge in [-0.1, -0.05) is 19.9 Å². The third-order valence-electron chi connectivity index (χ3n) is 3.89. The molecule has 1 amide bonds. The number of carbonyl (C=O) groups excluding carboxylic acids is 1. The Morgan fingerprint density at radius 1 is 1.40 bits per heavy atom. The molecule has 1 heterocycles. The van der Waals surface area contributed by atoms with Crippen molar-refractivity contribution in [1.29, 1.82) is 0 Å². The van der Waals surface area contributed by atoms with Crippen molar-refractivity contribution in [2.45, 2.75) is 13.8 Å². The van der Waals surface area contributed by atoms with Gasteiger partial charge in [-0.3, -0.25) is 20.8 Å². The Kier molecular flexibility index (Phi) is 3.89. The second kappa shape index (κ2) is 5.46. The molecule has 3 N–H and O–H groups in total. The molecule has 1 aliphatic rings. The number of likely N-dealkylation sites (tertiary alicyclic amines) is 1. The van der Waals surface area contributed by atoms with Crippen molar-refractivity contribution in [2.24, 2.45) is 17.7 Å². The number of rotatable bonds is 3. The first-order valence-electron chi connectivity index (χ1n) is 6.49. The third-order valence-corrected chi connectivity index (χ3v) is 3.89. The average molecular weight is 278 g/mol. The Hall–Kier alpha value is -2.15. The minimum absolute atomic E-state index is 0.0645. The van der Waals surface area contributed by atoms with Crippen molar-refractivity contribution in [3.63, 3.8) is 0 Å².